The molecule has 0 aliphatic heterocycles. The molecule has 0 nitrogen and oxygen atoms in total. The number of hydrogen-bond acceptors (Lipinski definition) is 0. The third kappa shape index (κ3) is 6.96. The largest absolute Gasteiger partial charge is 0.0654 e. The summed E-state index contributed by atoms with van der Waals surface area (Å²) in [6, 6.07) is 12.3. The number of unbranched alkanes of at least 4 members (excludes halogenated alkanes) is 4. The molecular weight excluding hydrogens is 372 g/mol. The van der Waals surface area contributed by atoms with Crippen molar-refractivity contribution in [3.05, 3.63) is 69.3 Å². The molecule has 0 amide bonds. The van der Waals surface area contributed by atoms with Crippen LogP contribution in [0.1, 0.15) is 118 Å². The van der Waals surface area contributed by atoms with Crippen molar-refractivity contribution in [1.29, 1.82) is 0 Å². The Labute approximate surface area is 192 Å². The third-order valence-corrected chi connectivity index (χ3v) is 7.23. The van der Waals surface area contributed by atoms with Crippen LogP contribution < -0.4 is 0 Å². The molecule has 0 heteroatoms. The van der Waals surface area contributed by atoms with Crippen LogP contribution in [-0.2, 0) is 25.7 Å². The van der Waals surface area contributed by atoms with Crippen LogP contribution in [0.5, 0.6) is 0 Å². The van der Waals surface area contributed by atoms with Gasteiger partial charge in [-0.2, -0.15) is 0 Å². The maximum absolute atomic E-state index is 2.50. The first-order valence-corrected chi connectivity index (χ1v) is 13.0. The topological polar surface area (TPSA) is 0 Å². The van der Waals surface area contributed by atoms with Gasteiger partial charge in [0, 0.05) is 0 Å². The Bertz CT molecular complexity index is 849. The second kappa shape index (κ2) is 10.8. The first-order chi connectivity index (χ1) is 14.8. The SMILES string of the molecule is CCCCCCc1cc(C)c(CCCCc2ccc3c(c2)CC3CC(C)(C)C)cc1C. The molecule has 2 aromatic carbocycles. The van der Waals surface area contributed by atoms with Crippen molar-refractivity contribution >= 4 is 0 Å². The normalized spacial score (nSPS) is 15.6. The average Bonchev–Trinajstić information content (AvgIpc) is 2.69. The highest BCUT2D eigenvalue weighted by Crippen LogP contribution is 2.42. The van der Waals surface area contributed by atoms with Gasteiger partial charge in [-0.25, -0.2) is 0 Å². The first kappa shape index (κ1) is 24.1. The van der Waals surface area contributed by atoms with E-state index >= 15 is 0 Å². The molecular formula is C31H46. The van der Waals surface area contributed by atoms with E-state index in [9.17, 15) is 0 Å². The van der Waals surface area contributed by atoms with Gasteiger partial charge in [0.2, 0.25) is 0 Å². The quantitative estimate of drug-likeness (QED) is 0.319. The summed E-state index contributed by atoms with van der Waals surface area (Å²) in [5.74, 6) is 0.796. The van der Waals surface area contributed by atoms with Crippen LogP contribution in [-0.4, -0.2) is 0 Å². The molecule has 1 aliphatic rings. The summed E-state index contributed by atoms with van der Waals surface area (Å²) in [7, 11) is 0. The number of aryl methyl sites for hydroxylation is 5. The molecule has 31 heavy (non-hydrogen) atoms. The monoisotopic (exact) mass is 418 g/mol. The van der Waals surface area contributed by atoms with E-state index in [1.807, 2.05) is 0 Å². The molecule has 0 radical (unpaired) electrons. The van der Waals surface area contributed by atoms with Crippen LogP contribution in [0.2, 0.25) is 0 Å². The van der Waals surface area contributed by atoms with E-state index in [1.165, 1.54) is 81.8 Å². The lowest BCUT2D eigenvalue weighted by atomic mass is 9.69. The van der Waals surface area contributed by atoms with Gasteiger partial charge in [0.25, 0.3) is 0 Å². The summed E-state index contributed by atoms with van der Waals surface area (Å²) in [6.45, 7) is 14.0. The lowest BCUT2D eigenvalue weighted by Crippen LogP contribution is -2.22. The van der Waals surface area contributed by atoms with Crippen molar-refractivity contribution in [2.75, 3.05) is 0 Å². The van der Waals surface area contributed by atoms with E-state index in [0.29, 0.717) is 5.41 Å². The average molecular weight is 419 g/mol. The number of fused-ring (bicyclic) bond motifs is 1. The van der Waals surface area contributed by atoms with E-state index in [0.717, 1.165) is 5.92 Å². The minimum absolute atomic E-state index is 0.435. The van der Waals surface area contributed by atoms with Crippen LogP contribution in [0.15, 0.2) is 30.3 Å². The van der Waals surface area contributed by atoms with E-state index in [2.05, 4.69) is 71.9 Å². The van der Waals surface area contributed by atoms with Gasteiger partial charge >= 0.3 is 0 Å². The van der Waals surface area contributed by atoms with Crippen LogP contribution in [0.25, 0.3) is 0 Å². The lowest BCUT2D eigenvalue weighted by Gasteiger charge is -2.35. The highest BCUT2D eigenvalue weighted by atomic mass is 14.3. The molecule has 1 aliphatic carbocycles. The van der Waals surface area contributed by atoms with Gasteiger partial charge < -0.3 is 0 Å². The molecule has 0 fully saturated rings. The fraction of sp³-hybridized carbons (Fsp3) is 0.613. The molecule has 0 spiro atoms. The molecule has 2 aromatic rings. The molecule has 1 atom stereocenters. The maximum Gasteiger partial charge on any atom is -0.0114 e. The fourth-order valence-electron chi connectivity index (χ4n) is 5.42. The molecule has 0 saturated carbocycles. The van der Waals surface area contributed by atoms with Crippen molar-refractivity contribution < 1.29 is 0 Å². The molecule has 0 heterocycles. The molecule has 0 N–H and O–H groups in total. The van der Waals surface area contributed by atoms with Gasteiger partial charge in [-0.1, -0.05) is 77.3 Å². The Morgan fingerprint density at radius 3 is 1.97 bits per heavy atom. The Hall–Kier alpha value is -1.56. The number of rotatable bonds is 11. The highest BCUT2D eigenvalue weighted by molar-refractivity contribution is 5.43. The summed E-state index contributed by atoms with van der Waals surface area (Å²) in [5, 5.41) is 0. The second-order valence-electron chi connectivity index (χ2n) is 11.4. The zero-order valence-electron chi connectivity index (χ0n) is 21.2. The molecule has 0 aromatic heterocycles. The predicted octanol–water partition coefficient (Wildman–Crippen LogP) is 9.07. The molecule has 0 bridgehead atoms. The fourth-order valence-corrected chi connectivity index (χ4v) is 5.42. The van der Waals surface area contributed by atoms with Gasteiger partial charge in [-0.05, 0) is 115 Å². The Balaban J connectivity index is 1.45. The Morgan fingerprint density at radius 1 is 0.774 bits per heavy atom. The van der Waals surface area contributed by atoms with Crippen LogP contribution in [0, 0.1) is 19.3 Å². The summed E-state index contributed by atoms with van der Waals surface area (Å²) in [4.78, 5) is 0. The lowest BCUT2D eigenvalue weighted by molar-refractivity contribution is 0.323. The number of benzene rings is 2. The Morgan fingerprint density at radius 2 is 1.39 bits per heavy atom. The standard InChI is InChI=1S/C31H46/c1-7-8-9-10-14-26-18-24(3)27(19-23(26)2)15-12-11-13-25-16-17-30-28(20-25)21-29(30)22-31(4,5)6/h16-20,29H,7-15,21-22H2,1-6H3. The van der Waals surface area contributed by atoms with Crippen LogP contribution in [0.3, 0.4) is 0 Å². The summed E-state index contributed by atoms with van der Waals surface area (Å²) < 4.78 is 0. The minimum atomic E-state index is 0.435. The number of hydrogen-bond donors (Lipinski definition) is 0. The summed E-state index contributed by atoms with van der Waals surface area (Å²) in [6.07, 6.45) is 14.3. The van der Waals surface area contributed by atoms with Gasteiger partial charge in [0.1, 0.15) is 0 Å². The maximum atomic E-state index is 2.50. The Kier molecular flexibility index (Phi) is 8.43. The van der Waals surface area contributed by atoms with Crippen molar-refractivity contribution in [2.45, 2.75) is 118 Å². The zero-order valence-corrected chi connectivity index (χ0v) is 21.2. The van der Waals surface area contributed by atoms with E-state index in [-0.39, 0.29) is 0 Å². The van der Waals surface area contributed by atoms with E-state index < -0.39 is 0 Å². The van der Waals surface area contributed by atoms with E-state index in [1.54, 1.807) is 27.8 Å². The van der Waals surface area contributed by atoms with Crippen molar-refractivity contribution in [1.82, 2.24) is 0 Å². The third-order valence-electron chi connectivity index (χ3n) is 7.23. The van der Waals surface area contributed by atoms with Crippen LogP contribution >= 0.6 is 0 Å². The minimum Gasteiger partial charge on any atom is -0.0654 e. The van der Waals surface area contributed by atoms with Gasteiger partial charge in [0.15, 0.2) is 0 Å². The van der Waals surface area contributed by atoms with Gasteiger partial charge in [0.05, 0.1) is 0 Å². The molecule has 170 valence electrons. The summed E-state index contributed by atoms with van der Waals surface area (Å²) >= 11 is 0. The molecule has 1 unspecified atom stereocenters. The van der Waals surface area contributed by atoms with Crippen LogP contribution in [0.4, 0.5) is 0 Å². The molecule has 3 rings (SSSR count). The van der Waals surface area contributed by atoms with Gasteiger partial charge in [-0.15, -0.1) is 0 Å². The molecule has 0 saturated heterocycles. The van der Waals surface area contributed by atoms with Gasteiger partial charge in [-0.3, -0.25) is 0 Å². The zero-order chi connectivity index (χ0) is 22.4. The summed E-state index contributed by atoms with van der Waals surface area (Å²) in [5.41, 5.74) is 11.4. The second-order valence-corrected chi connectivity index (χ2v) is 11.4. The van der Waals surface area contributed by atoms with Crippen molar-refractivity contribution in [3.8, 4) is 0 Å². The predicted molar refractivity (Wildman–Crippen MR) is 137 cm³/mol. The first-order valence-electron chi connectivity index (χ1n) is 13.0. The smallest absolute Gasteiger partial charge is 0.0114 e. The van der Waals surface area contributed by atoms with Crippen molar-refractivity contribution in [2.24, 2.45) is 5.41 Å². The van der Waals surface area contributed by atoms with Crippen molar-refractivity contribution in [3.63, 3.8) is 0 Å². The van der Waals surface area contributed by atoms with E-state index in [4.69, 9.17) is 0 Å². The highest BCUT2D eigenvalue weighted by Gasteiger charge is 2.29.